The zero-order chi connectivity index (χ0) is 26.0. The molecule has 1 saturated heterocycles. The lowest BCUT2D eigenvalue weighted by Crippen LogP contribution is -2.54. The molecule has 1 heterocycles. The molecule has 4 rings (SSSR count). The quantitative estimate of drug-likeness (QED) is 0.322. The maximum absolute atomic E-state index is 13.3. The number of urea groups is 1. The number of hydrogen-bond acceptors (Lipinski definition) is 5. The molecule has 0 radical (unpaired) electrons. The molecule has 1 N–H and O–H groups in total. The monoisotopic (exact) mass is 524 g/mol. The molecule has 0 aliphatic carbocycles. The van der Waals surface area contributed by atoms with Crippen molar-refractivity contribution in [1.82, 2.24) is 5.32 Å². The van der Waals surface area contributed by atoms with Crippen LogP contribution in [0.1, 0.15) is 22.3 Å². The Hall–Kier alpha value is -3.81. The average Bonchev–Trinajstić information content (AvgIpc) is 2.84. The molecular weight excluding hydrogens is 503 g/mol. The number of rotatable bonds is 6. The highest BCUT2D eigenvalue weighted by atomic mass is 35.5. The number of anilines is 1. The van der Waals surface area contributed by atoms with Gasteiger partial charge in [-0.05, 0) is 60.9 Å². The second-order valence-electron chi connectivity index (χ2n) is 8.09. The molecule has 7 nitrogen and oxygen atoms in total. The lowest BCUT2D eigenvalue weighted by Gasteiger charge is -2.28. The van der Waals surface area contributed by atoms with E-state index in [4.69, 9.17) is 32.7 Å². The summed E-state index contributed by atoms with van der Waals surface area (Å²) in [6.07, 6.45) is 1.36. The lowest BCUT2D eigenvalue weighted by molar-refractivity contribution is -0.122. The number of carbonyl (C=O) groups excluding carboxylic acids is 3. The van der Waals surface area contributed by atoms with E-state index in [9.17, 15) is 14.4 Å². The van der Waals surface area contributed by atoms with Crippen LogP contribution in [0.25, 0.3) is 6.08 Å². The first-order chi connectivity index (χ1) is 17.2. The molecule has 1 aliphatic rings. The Kier molecular flexibility index (Phi) is 7.33. The molecule has 4 amide bonds. The Morgan fingerprint density at radius 1 is 0.972 bits per heavy atom. The van der Waals surface area contributed by atoms with Crippen molar-refractivity contribution in [2.75, 3.05) is 12.0 Å². The first-order valence-electron chi connectivity index (χ1n) is 10.9. The molecule has 0 bridgehead atoms. The molecule has 0 atom stereocenters. The minimum Gasteiger partial charge on any atom is -0.493 e. The van der Waals surface area contributed by atoms with Crippen LogP contribution in [0.15, 0.2) is 60.2 Å². The minimum atomic E-state index is -0.810. The summed E-state index contributed by atoms with van der Waals surface area (Å²) in [4.78, 5) is 39.4. The van der Waals surface area contributed by atoms with Crippen LogP contribution in [0.5, 0.6) is 11.5 Å². The summed E-state index contributed by atoms with van der Waals surface area (Å²) in [7, 11) is 1.45. The van der Waals surface area contributed by atoms with Gasteiger partial charge in [0.1, 0.15) is 12.2 Å². The lowest BCUT2D eigenvalue weighted by atomic mass is 10.0. The van der Waals surface area contributed by atoms with Crippen LogP contribution in [0, 0.1) is 13.8 Å². The molecular formula is C27H22Cl2N2O5. The molecule has 1 fully saturated rings. The first kappa shape index (κ1) is 25.3. The van der Waals surface area contributed by atoms with Crippen LogP contribution in [0.4, 0.5) is 10.5 Å². The van der Waals surface area contributed by atoms with Gasteiger partial charge in [-0.2, -0.15) is 0 Å². The van der Waals surface area contributed by atoms with Gasteiger partial charge in [0.2, 0.25) is 0 Å². The van der Waals surface area contributed by atoms with E-state index in [0.29, 0.717) is 22.0 Å². The third-order valence-corrected chi connectivity index (χ3v) is 6.46. The Labute approximate surface area is 218 Å². The van der Waals surface area contributed by atoms with Gasteiger partial charge in [0.05, 0.1) is 17.8 Å². The van der Waals surface area contributed by atoms with Crippen LogP contribution >= 0.6 is 23.2 Å². The molecule has 0 aromatic heterocycles. The number of amides is 4. The summed E-state index contributed by atoms with van der Waals surface area (Å²) < 4.78 is 11.3. The fraction of sp³-hybridized carbons (Fsp3) is 0.148. The zero-order valence-electron chi connectivity index (χ0n) is 19.7. The van der Waals surface area contributed by atoms with Crippen molar-refractivity contribution in [3.8, 4) is 11.5 Å². The van der Waals surface area contributed by atoms with Gasteiger partial charge in [-0.3, -0.25) is 14.9 Å². The number of ether oxygens (including phenoxy) is 2. The molecule has 3 aromatic carbocycles. The van der Waals surface area contributed by atoms with E-state index >= 15 is 0 Å². The number of benzene rings is 3. The van der Waals surface area contributed by atoms with E-state index in [-0.39, 0.29) is 23.0 Å². The summed E-state index contributed by atoms with van der Waals surface area (Å²) in [5, 5.41) is 2.99. The fourth-order valence-electron chi connectivity index (χ4n) is 3.75. The highest BCUT2D eigenvalue weighted by Crippen LogP contribution is 2.38. The number of nitrogens with one attached hydrogen (secondary N) is 1. The molecule has 0 spiro atoms. The molecule has 0 saturated carbocycles. The number of aryl methyl sites for hydroxylation is 1. The average molecular weight is 525 g/mol. The summed E-state index contributed by atoms with van der Waals surface area (Å²) in [5.41, 5.74) is 3.01. The standard InChI is InChI=1S/C27H22Cl2N2O5/c1-15-7-6-10-22(16(15)2)31-26(33)19(25(32)30-27(31)34)11-17-12-21(29)24(23(13-17)35-3)36-14-18-8-4-5-9-20(18)28/h4-13H,14H2,1-3H3,(H,30,32,34)/b19-11+. The number of hydrogen-bond donors (Lipinski definition) is 1. The fourth-order valence-corrected chi connectivity index (χ4v) is 4.21. The SMILES string of the molecule is COc1cc(/C=C2\C(=O)NC(=O)N(c3cccc(C)c3C)C2=O)cc(Cl)c1OCc1ccccc1Cl. The van der Waals surface area contributed by atoms with Gasteiger partial charge < -0.3 is 9.47 Å². The number of halogens is 2. The number of imide groups is 2. The van der Waals surface area contributed by atoms with Gasteiger partial charge >= 0.3 is 6.03 Å². The van der Waals surface area contributed by atoms with Crippen LogP contribution < -0.4 is 19.7 Å². The molecule has 0 unspecified atom stereocenters. The molecule has 1 aliphatic heterocycles. The van der Waals surface area contributed by atoms with Gasteiger partial charge in [-0.25, -0.2) is 9.69 Å². The predicted octanol–water partition coefficient (Wildman–Crippen LogP) is 5.86. The molecule has 9 heteroatoms. The van der Waals surface area contributed by atoms with E-state index in [1.165, 1.54) is 19.3 Å². The van der Waals surface area contributed by atoms with Gasteiger partial charge in [0.25, 0.3) is 11.8 Å². The minimum absolute atomic E-state index is 0.157. The van der Waals surface area contributed by atoms with Crippen molar-refractivity contribution in [2.24, 2.45) is 0 Å². The topological polar surface area (TPSA) is 84.9 Å². The summed E-state index contributed by atoms with van der Waals surface area (Å²) in [6, 6.07) is 14.8. The van der Waals surface area contributed by atoms with Crippen molar-refractivity contribution in [3.63, 3.8) is 0 Å². The van der Waals surface area contributed by atoms with E-state index in [0.717, 1.165) is 21.6 Å². The maximum atomic E-state index is 13.3. The van der Waals surface area contributed by atoms with Crippen molar-refractivity contribution in [3.05, 3.63) is 92.5 Å². The van der Waals surface area contributed by atoms with Crippen LogP contribution in [0.2, 0.25) is 10.0 Å². The van der Waals surface area contributed by atoms with Crippen molar-refractivity contribution in [1.29, 1.82) is 0 Å². The Morgan fingerprint density at radius 3 is 2.44 bits per heavy atom. The number of barbiturate groups is 1. The predicted molar refractivity (Wildman–Crippen MR) is 139 cm³/mol. The molecule has 36 heavy (non-hydrogen) atoms. The van der Waals surface area contributed by atoms with Crippen LogP contribution in [0.3, 0.4) is 0 Å². The Bertz CT molecular complexity index is 1420. The number of carbonyl (C=O) groups is 3. The summed E-state index contributed by atoms with van der Waals surface area (Å²) >= 11 is 12.7. The van der Waals surface area contributed by atoms with Crippen molar-refractivity contribution in [2.45, 2.75) is 20.5 Å². The van der Waals surface area contributed by atoms with E-state index in [1.807, 2.05) is 31.2 Å². The van der Waals surface area contributed by atoms with E-state index in [2.05, 4.69) is 5.32 Å². The highest BCUT2D eigenvalue weighted by Gasteiger charge is 2.37. The third-order valence-electron chi connectivity index (χ3n) is 5.81. The van der Waals surface area contributed by atoms with Crippen molar-refractivity contribution >= 4 is 52.8 Å². The van der Waals surface area contributed by atoms with Gasteiger partial charge in [-0.15, -0.1) is 0 Å². The van der Waals surface area contributed by atoms with E-state index < -0.39 is 17.8 Å². The van der Waals surface area contributed by atoms with Crippen molar-refractivity contribution < 1.29 is 23.9 Å². The summed E-state index contributed by atoms with van der Waals surface area (Å²) in [5.74, 6) is -0.965. The Morgan fingerprint density at radius 2 is 1.72 bits per heavy atom. The van der Waals surface area contributed by atoms with Crippen LogP contribution in [-0.2, 0) is 16.2 Å². The molecule has 184 valence electrons. The Balaban J connectivity index is 1.67. The summed E-state index contributed by atoms with van der Waals surface area (Å²) in [6.45, 7) is 3.83. The first-order valence-corrected chi connectivity index (χ1v) is 11.7. The maximum Gasteiger partial charge on any atom is 0.335 e. The largest absolute Gasteiger partial charge is 0.493 e. The second kappa shape index (κ2) is 10.4. The zero-order valence-corrected chi connectivity index (χ0v) is 21.2. The van der Waals surface area contributed by atoms with Crippen LogP contribution in [-0.4, -0.2) is 25.0 Å². The highest BCUT2D eigenvalue weighted by molar-refractivity contribution is 6.39. The van der Waals surface area contributed by atoms with Gasteiger partial charge in [0.15, 0.2) is 11.5 Å². The second-order valence-corrected chi connectivity index (χ2v) is 8.91. The third kappa shape index (κ3) is 4.94. The number of nitrogens with zero attached hydrogens (tertiary/aromatic N) is 1. The van der Waals surface area contributed by atoms with Gasteiger partial charge in [-0.1, -0.05) is 53.5 Å². The number of methoxy groups -OCH3 is 1. The normalized spacial score (nSPS) is 14.8. The molecule has 3 aromatic rings. The smallest absolute Gasteiger partial charge is 0.335 e. The van der Waals surface area contributed by atoms with Gasteiger partial charge in [0, 0.05) is 10.6 Å². The van der Waals surface area contributed by atoms with E-state index in [1.54, 1.807) is 31.2 Å².